The van der Waals surface area contributed by atoms with Gasteiger partial charge in [0.25, 0.3) is 5.91 Å². The van der Waals surface area contributed by atoms with Crippen molar-refractivity contribution in [3.63, 3.8) is 0 Å². The van der Waals surface area contributed by atoms with Crippen molar-refractivity contribution in [2.45, 2.75) is 26.3 Å². The van der Waals surface area contributed by atoms with Crippen molar-refractivity contribution < 1.29 is 19.4 Å². The maximum Gasteiger partial charge on any atom is 0.342 e. The second kappa shape index (κ2) is 6.35. The molecule has 0 bridgehead atoms. The van der Waals surface area contributed by atoms with Crippen LogP contribution in [0.15, 0.2) is 42.5 Å². The average Bonchev–Trinajstić information content (AvgIpc) is 2.90. The van der Waals surface area contributed by atoms with Crippen LogP contribution in [0.3, 0.4) is 0 Å². The monoisotopic (exact) mass is 325 g/mol. The van der Waals surface area contributed by atoms with Crippen LogP contribution in [0, 0.1) is 6.92 Å². The van der Waals surface area contributed by atoms with Gasteiger partial charge in [0.1, 0.15) is 11.3 Å². The molecule has 2 aromatic carbocycles. The summed E-state index contributed by atoms with van der Waals surface area (Å²) in [5.41, 5.74) is 2.63. The number of fused-ring (bicyclic) bond motifs is 1. The number of hydrogen-bond acceptors (Lipinski definition) is 4. The van der Waals surface area contributed by atoms with E-state index in [4.69, 9.17) is 4.74 Å². The Bertz CT molecular complexity index is 800. The molecule has 5 heteroatoms. The fourth-order valence-electron chi connectivity index (χ4n) is 3.04. The van der Waals surface area contributed by atoms with Crippen LogP contribution in [0.2, 0.25) is 0 Å². The van der Waals surface area contributed by atoms with E-state index in [2.05, 4.69) is 0 Å². The Morgan fingerprint density at radius 1 is 1.21 bits per heavy atom. The van der Waals surface area contributed by atoms with Crippen molar-refractivity contribution in [3.05, 3.63) is 59.2 Å². The standard InChI is InChI=1S/C19H19NO4/c1-12-6-5-8-15(18(12)22)19(23)24-11-17(21)20-13(2)10-14-7-3-4-9-16(14)20/h3-9,13,22H,10-11H2,1-2H3/t13-/m0/s1. The molecule has 1 atom stereocenters. The van der Waals surface area contributed by atoms with Crippen LogP contribution >= 0.6 is 0 Å². The van der Waals surface area contributed by atoms with Crippen LogP contribution in [0.1, 0.15) is 28.4 Å². The Kier molecular flexibility index (Phi) is 4.25. The van der Waals surface area contributed by atoms with Gasteiger partial charge >= 0.3 is 5.97 Å². The van der Waals surface area contributed by atoms with Crippen molar-refractivity contribution >= 4 is 17.6 Å². The van der Waals surface area contributed by atoms with Crippen LogP contribution in [0.5, 0.6) is 5.75 Å². The summed E-state index contributed by atoms with van der Waals surface area (Å²) in [7, 11) is 0. The molecular formula is C19H19NO4. The van der Waals surface area contributed by atoms with Gasteiger partial charge in [0.05, 0.1) is 0 Å². The number of hydrogen-bond donors (Lipinski definition) is 1. The van der Waals surface area contributed by atoms with Crippen molar-refractivity contribution in [3.8, 4) is 5.75 Å². The van der Waals surface area contributed by atoms with Gasteiger partial charge in [-0.15, -0.1) is 0 Å². The molecule has 0 unspecified atom stereocenters. The topological polar surface area (TPSA) is 66.8 Å². The molecule has 24 heavy (non-hydrogen) atoms. The number of carbonyl (C=O) groups is 2. The SMILES string of the molecule is Cc1cccc(C(=O)OCC(=O)N2c3ccccc3C[C@@H]2C)c1O. The minimum absolute atomic E-state index is 0.0287. The van der Waals surface area contributed by atoms with E-state index >= 15 is 0 Å². The predicted octanol–water partition coefficient (Wildman–Crippen LogP) is 2.84. The summed E-state index contributed by atoms with van der Waals surface area (Å²) >= 11 is 0. The third-order valence-corrected chi connectivity index (χ3v) is 4.26. The maximum atomic E-state index is 12.5. The van der Waals surface area contributed by atoms with Crippen LogP contribution in [-0.2, 0) is 16.0 Å². The number of aromatic hydroxyl groups is 1. The summed E-state index contributed by atoms with van der Waals surface area (Å²) in [5.74, 6) is -1.09. The Hall–Kier alpha value is -2.82. The fraction of sp³-hybridized carbons (Fsp3) is 0.263. The van der Waals surface area contributed by atoms with E-state index in [1.165, 1.54) is 6.07 Å². The van der Waals surface area contributed by atoms with Gasteiger partial charge in [0.2, 0.25) is 0 Å². The van der Waals surface area contributed by atoms with Gasteiger partial charge in [0, 0.05) is 11.7 Å². The Labute approximate surface area is 140 Å². The number of phenolic OH excluding ortho intramolecular Hbond substituents is 1. The molecular weight excluding hydrogens is 306 g/mol. The first kappa shape index (κ1) is 16.1. The summed E-state index contributed by atoms with van der Waals surface area (Å²) in [6, 6.07) is 12.6. The molecule has 5 nitrogen and oxygen atoms in total. The van der Waals surface area contributed by atoms with Gasteiger partial charge in [-0.3, -0.25) is 4.79 Å². The van der Waals surface area contributed by atoms with E-state index in [-0.39, 0.29) is 29.9 Å². The summed E-state index contributed by atoms with van der Waals surface area (Å²) in [6.07, 6.45) is 0.786. The van der Waals surface area contributed by atoms with Gasteiger partial charge < -0.3 is 14.7 Å². The first-order chi connectivity index (χ1) is 11.5. The summed E-state index contributed by atoms with van der Waals surface area (Å²) in [6.45, 7) is 3.30. The van der Waals surface area contributed by atoms with E-state index in [1.807, 2.05) is 31.2 Å². The highest BCUT2D eigenvalue weighted by atomic mass is 16.5. The Balaban J connectivity index is 1.70. The first-order valence-corrected chi connectivity index (χ1v) is 7.84. The van der Waals surface area contributed by atoms with Crippen LogP contribution in [0.4, 0.5) is 5.69 Å². The van der Waals surface area contributed by atoms with E-state index < -0.39 is 5.97 Å². The lowest BCUT2D eigenvalue weighted by molar-refractivity contribution is -0.122. The van der Waals surface area contributed by atoms with Crippen molar-refractivity contribution in [2.24, 2.45) is 0 Å². The predicted molar refractivity (Wildman–Crippen MR) is 90.2 cm³/mol. The van der Waals surface area contributed by atoms with E-state index in [0.29, 0.717) is 5.56 Å². The Morgan fingerprint density at radius 3 is 2.75 bits per heavy atom. The number of ether oxygens (including phenoxy) is 1. The lowest BCUT2D eigenvalue weighted by Crippen LogP contribution is -2.38. The van der Waals surface area contributed by atoms with Crippen LogP contribution < -0.4 is 4.90 Å². The van der Waals surface area contributed by atoms with E-state index in [0.717, 1.165) is 17.7 Å². The largest absolute Gasteiger partial charge is 0.507 e. The number of phenols is 1. The summed E-state index contributed by atoms with van der Waals surface area (Å²) in [4.78, 5) is 26.3. The summed E-state index contributed by atoms with van der Waals surface area (Å²) < 4.78 is 5.11. The summed E-state index contributed by atoms with van der Waals surface area (Å²) in [5, 5.41) is 9.92. The number of esters is 1. The number of benzene rings is 2. The lowest BCUT2D eigenvalue weighted by Gasteiger charge is -2.22. The quantitative estimate of drug-likeness (QED) is 0.881. The number of aryl methyl sites for hydroxylation is 1. The zero-order chi connectivity index (χ0) is 17.3. The number of para-hydroxylation sites is 2. The molecule has 0 spiro atoms. The molecule has 0 saturated carbocycles. The molecule has 1 N–H and O–H groups in total. The van der Waals surface area contributed by atoms with Gasteiger partial charge in [-0.2, -0.15) is 0 Å². The molecule has 1 aliphatic rings. The lowest BCUT2D eigenvalue weighted by atomic mass is 10.1. The smallest absolute Gasteiger partial charge is 0.342 e. The highest BCUT2D eigenvalue weighted by molar-refractivity contribution is 5.99. The highest BCUT2D eigenvalue weighted by Crippen LogP contribution is 2.31. The second-order valence-electron chi connectivity index (χ2n) is 5.99. The van der Waals surface area contributed by atoms with Crippen molar-refractivity contribution in [1.29, 1.82) is 0 Å². The molecule has 0 aromatic heterocycles. The van der Waals surface area contributed by atoms with Gasteiger partial charge in [-0.05, 0) is 43.5 Å². The molecule has 3 rings (SSSR count). The van der Waals surface area contributed by atoms with Gasteiger partial charge in [-0.1, -0.05) is 30.3 Å². The fourth-order valence-corrected chi connectivity index (χ4v) is 3.04. The van der Waals surface area contributed by atoms with E-state index in [1.54, 1.807) is 24.0 Å². The molecule has 0 fully saturated rings. The number of amides is 1. The average molecular weight is 325 g/mol. The third-order valence-electron chi connectivity index (χ3n) is 4.26. The minimum Gasteiger partial charge on any atom is -0.507 e. The minimum atomic E-state index is -0.704. The third kappa shape index (κ3) is 2.85. The molecule has 2 aromatic rings. The molecule has 0 saturated heterocycles. The number of anilines is 1. The molecule has 1 amide bonds. The van der Waals surface area contributed by atoms with Crippen molar-refractivity contribution in [1.82, 2.24) is 0 Å². The van der Waals surface area contributed by atoms with Gasteiger partial charge in [0.15, 0.2) is 6.61 Å². The first-order valence-electron chi connectivity index (χ1n) is 7.84. The van der Waals surface area contributed by atoms with Gasteiger partial charge in [-0.25, -0.2) is 4.79 Å². The number of nitrogens with zero attached hydrogens (tertiary/aromatic N) is 1. The molecule has 0 aliphatic carbocycles. The zero-order valence-corrected chi connectivity index (χ0v) is 13.7. The number of rotatable bonds is 3. The van der Waals surface area contributed by atoms with Crippen molar-refractivity contribution in [2.75, 3.05) is 11.5 Å². The zero-order valence-electron chi connectivity index (χ0n) is 13.7. The maximum absolute atomic E-state index is 12.5. The molecule has 124 valence electrons. The van der Waals surface area contributed by atoms with Crippen LogP contribution in [0.25, 0.3) is 0 Å². The van der Waals surface area contributed by atoms with E-state index in [9.17, 15) is 14.7 Å². The number of carbonyl (C=O) groups excluding carboxylic acids is 2. The molecule has 0 radical (unpaired) electrons. The van der Waals surface area contributed by atoms with Crippen LogP contribution in [-0.4, -0.2) is 29.6 Å². The Morgan fingerprint density at radius 2 is 1.96 bits per heavy atom. The normalized spacial score (nSPS) is 15.9. The second-order valence-corrected chi connectivity index (χ2v) is 5.99. The molecule has 1 heterocycles. The molecule has 1 aliphatic heterocycles. The highest BCUT2D eigenvalue weighted by Gasteiger charge is 2.31.